The van der Waals surface area contributed by atoms with Crippen LogP contribution in [0.3, 0.4) is 0 Å². The van der Waals surface area contributed by atoms with Crippen molar-refractivity contribution >= 4 is 11.9 Å². The van der Waals surface area contributed by atoms with Gasteiger partial charge in [-0.1, -0.05) is 117 Å². The van der Waals surface area contributed by atoms with Crippen LogP contribution in [0.4, 0.5) is 0 Å². The number of amides is 1. The highest BCUT2D eigenvalue weighted by atomic mass is 16.5. The smallest absolute Gasteiger partial charge is 0.338 e. The van der Waals surface area contributed by atoms with Crippen molar-refractivity contribution in [2.24, 2.45) is 11.7 Å². The zero-order valence-electron chi connectivity index (χ0n) is 22.8. The molecule has 1 saturated carbocycles. The van der Waals surface area contributed by atoms with Crippen LogP contribution in [0.5, 0.6) is 0 Å². The van der Waals surface area contributed by atoms with E-state index in [0.717, 1.165) is 51.4 Å². The molecular weight excluding hydrogens is 442 g/mol. The second-order valence-electron chi connectivity index (χ2n) is 10.8. The Hall–Kier alpha value is -1.14. The van der Waals surface area contributed by atoms with Crippen molar-refractivity contribution < 1.29 is 24.5 Å². The average molecular weight is 498 g/mol. The standard InChI is InChI=1S/C29H55NO5/c1-3-5-7-9-10-11-12-13-14-15-16-22-26(31)29(28(33)34,23-19-8-6-4-2)35-25-21-18-17-20-24(25)27(30)32/h24-26,31H,3-23H2,1-2H3,(H2,30,32)(H,33,34)/t24-,25+,26?,29?/m0/s1. The molecule has 1 fully saturated rings. The third-order valence-corrected chi connectivity index (χ3v) is 7.81. The highest BCUT2D eigenvalue weighted by molar-refractivity contribution is 5.79. The summed E-state index contributed by atoms with van der Waals surface area (Å²) in [6.07, 6.45) is 19.0. The second-order valence-corrected chi connectivity index (χ2v) is 10.8. The molecule has 0 bridgehead atoms. The quantitative estimate of drug-likeness (QED) is 0.141. The molecule has 1 amide bonds. The van der Waals surface area contributed by atoms with Gasteiger partial charge in [-0.05, 0) is 32.1 Å². The number of aliphatic hydroxyl groups is 1. The summed E-state index contributed by atoms with van der Waals surface area (Å²) in [6, 6.07) is 0. The first kappa shape index (κ1) is 31.9. The molecule has 0 aromatic heterocycles. The van der Waals surface area contributed by atoms with Crippen molar-refractivity contribution in [1.82, 2.24) is 0 Å². The summed E-state index contributed by atoms with van der Waals surface area (Å²) in [5, 5.41) is 21.4. The molecule has 206 valence electrons. The van der Waals surface area contributed by atoms with E-state index in [-0.39, 0.29) is 6.42 Å². The summed E-state index contributed by atoms with van der Waals surface area (Å²) in [5.74, 6) is -2.02. The lowest BCUT2D eigenvalue weighted by molar-refractivity contribution is -0.207. The Balaban J connectivity index is 2.62. The van der Waals surface area contributed by atoms with Gasteiger partial charge in [0.15, 0.2) is 5.60 Å². The maximum atomic E-state index is 12.6. The minimum Gasteiger partial charge on any atom is -0.479 e. The van der Waals surface area contributed by atoms with E-state index in [1.807, 2.05) is 0 Å². The van der Waals surface area contributed by atoms with Gasteiger partial charge >= 0.3 is 5.97 Å². The van der Waals surface area contributed by atoms with Crippen LogP contribution in [0.1, 0.15) is 149 Å². The van der Waals surface area contributed by atoms with Gasteiger partial charge in [0.1, 0.15) is 0 Å². The van der Waals surface area contributed by atoms with Gasteiger partial charge < -0.3 is 20.7 Å². The Labute approximate surface area is 214 Å². The van der Waals surface area contributed by atoms with Crippen LogP contribution in [-0.4, -0.2) is 39.9 Å². The number of rotatable bonds is 22. The van der Waals surface area contributed by atoms with Gasteiger partial charge in [-0.2, -0.15) is 0 Å². The Bertz CT molecular complexity index is 569. The Morgan fingerprint density at radius 3 is 1.83 bits per heavy atom. The summed E-state index contributed by atoms with van der Waals surface area (Å²) < 4.78 is 6.26. The van der Waals surface area contributed by atoms with Crippen molar-refractivity contribution in [3.63, 3.8) is 0 Å². The maximum absolute atomic E-state index is 12.6. The number of unbranched alkanes of at least 4 members (excludes halogenated alkanes) is 13. The molecule has 0 aromatic carbocycles. The lowest BCUT2D eigenvalue weighted by atomic mass is 9.82. The van der Waals surface area contributed by atoms with E-state index < -0.39 is 35.6 Å². The topological polar surface area (TPSA) is 110 Å². The number of primary amides is 1. The number of carboxylic acids is 1. The van der Waals surface area contributed by atoms with Crippen LogP contribution in [-0.2, 0) is 14.3 Å². The first-order valence-corrected chi connectivity index (χ1v) is 14.8. The largest absolute Gasteiger partial charge is 0.479 e. The third kappa shape index (κ3) is 12.1. The van der Waals surface area contributed by atoms with Crippen molar-refractivity contribution in [3.8, 4) is 0 Å². The van der Waals surface area contributed by atoms with Crippen molar-refractivity contribution in [3.05, 3.63) is 0 Å². The van der Waals surface area contributed by atoms with Crippen molar-refractivity contribution in [2.45, 2.75) is 166 Å². The molecule has 0 spiro atoms. The Morgan fingerprint density at radius 1 is 0.829 bits per heavy atom. The summed E-state index contributed by atoms with van der Waals surface area (Å²) in [4.78, 5) is 24.6. The molecule has 4 N–H and O–H groups in total. The van der Waals surface area contributed by atoms with Crippen LogP contribution in [0.2, 0.25) is 0 Å². The van der Waals surface area contributed by atoms with Crippen LogP contribution in [0.15, 0.2) is 0 Å². The Kier molecular flexibility index (Phi) is 17.3. The normalized spacial score (nSPS) is 20.9. The fraction of sp³-hybridized carbons (Fsp3) is 0.931. The minimum atomic E-state index is -1.66. The molecule has 4 atom stereocenters. The van der Waals surface area contributed by atoms with Gasteiger partial charge in [0.05, 0.1) is 18.1 Å². The minimum absolute atomic E-state index is 0.267. The summed E-state index contributed by atoms with van der Waals surface area (Å²) >= 11 is 0. The van der Waals surface area contributed by atoms with Crippen molar-refractivity contribution in [1.29, 1.82) is 0 Å². The highest BCUT2D eigenvalue weighted by Gasteiger charge is 2.49. The first-order chi connectivity index (χ1) is 16.9. The second kappa shape index (κ2) is 19.0. The zero-order chi connectivity index (χ0) is 25.9. The predicted octanol–water partition coefficient (Wildman–Crippen LogP) is 6.90. The molecule has 6 nitrogen and oxygen atoms in total. The summed E-state index contributed by atoms with van der Waals surface area (Å²) in [6.45, 7) is 4.35. The molecule has 0 aliphatic heterocycles. The van der Waals surface area contributed by atoms with Gasteiger partial charge in [-0.3, -0.25) is 4.79 Å². The van der Waals surface area contributed by atoms with E-state index in [9.17, 15) is 19.8 Å². The van der Waals surface area contributed by atoms with E-state index in [2.05, 4.69) is 13.8 Å². The number of hydrogen-bond acceptors (Lipinski definition) is 4. The average Bonchev–Trinajstić information content (AvgIpc) is 2.84. The highest BCUT2D eigenvalue weighted by Crippen LogP contribution is 2.36. The predicted molar refractivity (Wildman–Crippen MR) is 142 cm³/mol. The van der Waals surface area contributed by atoms with Crippen LogP contribution < -0.4 is 5.73 Å². The van der Waals surface area contributed by atoms with Gasteiger partial charge in [0.25, 0.3) is 0 Å². The SMILES string of the molecule is CCCCCCCCCCCCCC(O)C(CCCCCC)(O[C@@H]1CCCC[C@@H]1C(N)=O)C(=O)O. The number of ether oxygens (including phenoxy) is 1. The molecule has 6 heteroatoms. The zero-order valence-corrected chi connectivity index (χ0v) is 22.8. The molecule has 0 radical (unpaired) electrons. The lowest BCUT2D eigenvalue weighted by Crippen LogP contribution is -2.56. The first-order valence-electron chi connectivity index (χ1n) is 14.8. The molecule has 35 heavy (non-hydrogen) atoms. The monoisotopic (exact) mass is 497 g/mol. The number of nitrogens with two attached hydrogens (primary N) is 1. The number of carbonyl (C=O) groups excluding carboxylic acids is 1. The Morgan fingerprint density at radius 2 is 1.31 bits per heavy atom. The molecule has 2 unspecified atom stereocenters. The number of hydrogen-bond donors (Lipinski definition) is 3. The van der Waals surface area contributed by atoms with Crippen LogP contribution in [0, 0.1) is 5.92 Å². The van der Waals surface area contributed by atoms with E-state index in [1.54, 1.807) is 0 Å². The number of carboxylic acid groups (broad SMARTS) is 1. The summed E-state index contributed by atoms with van der Waals surface area (Å²) in [5.41, 5.74) is 3.95. The van der Waals surface area contributed by atoms with Gasteiger partial charge in [-0.25, -0.2) is 4.79 Å². The maximum Gasteiger partial charge on any atom is 0.338 e. The fourth-order valence-electron chi connectivity index (χ4n) is 5.49. The van der Waals surface area contributed by atoms with Gasteiger partial charge in [0.2, 0.25) is 5.91 Å². The van der Waals surface area contributed by atoms with E-state index in [4.69, 9.17) is 10.5 Å². The van der Waals surface area contributed by atoms with E-state index in [0.29, 0.717) is 25.7 Å². The van der Waals surface area contributed by atoms with Gasteiger partial charge in [0, 0.05) is 0 Å². The van der Waals surface area contributed by atoms with Crippen molar-refractivity contribution in [2.75, 3.05) is 0 Å². The molecule has 0 aromatic rings. The van der Waals surface area contributed by atoms with Gasteiger partial charge in [-0.15, -0.1) is 0 Å². The van der Waals surface area contributed by atoms with E-state index >= 15 is 0 Å². The van der Waals surface area contributed by atoms with E-state index in [1.165, 1.54) is 51.4 Å². The van der Waals surface area contributed by atoms with Crippen LogP contribution in [0.25, 0.3) is 0 Å². The fourth-order valence-corrected chi connectivity index (χ4v) is 5.49. The lowest BCUT2D eigenvalue weighted by Gasteiger charge is -2.40. The number of aliphatic carboxylic acids is 1. The number of aliphatic hydroxyl groups excluding tert-OH is 1. The molecular formula is C29H55NO5. The number of carbonyl (C=O) groups is 2. The molecule has 0 saturated heterocycles. The molecule has 0 heterocycles. The molecule has 1 rings (SSSR count). The molecule has 1 aliphatic carbocycles. The third-order valence-electron chi connectivity index (χ3n) is 7.81. The van der Waals surface area contributed by atoms with Crippen LogP contribution >= 0.6 is 0 Å². The summed E-state index contributed by atoms with van der Waals surface area (Å²) in [7, 11) is 0. The molecule has 1 aliphatic rings.